The highest BCUT2D eigenvalue weighted by atomic mass is 33.2. The van der Waals surface area contributed by atoms with Crippen molar-refractivity contribution in [2.24, 2.45) is 0 Å². The summed E-state index contributed by atoms with van der Waals surface area (Å²) in [6.07, 6.45) is -2.87. The number of benzene rings is 2. The zero-order valence-corrected chi connectivity index (χ0v) is 18.7. The molecular formula is C22H27F5S2. The average molecular weight is 451 g/mol. The first-order valence-corrected chi connectivity index (χ1v) is 14.1. The van der Waals surface area contributed by atoms with Gasteiger partial charge in [0.25, 0.3) is 5.92 Å². The number of thiol groups is 1. The number of hydrogen-bond donors (Lipinski definition) is 1. The maximum absolute atomic E-state index is 15.1. The summed E-state index contributed by atoms with van der Waals surface area (Å²) in [7, 11) is -1.22. The van der Waals surface area contributed by atoms with Crippen molar-refractivity contribution in [3.63, 3.8) is 0 Å². The summed E-state index contributed by atoms with van der Waals surface area (Å²) < 4.78 is 69.5. The lowest BCUT2D eigenvalue weighted by atomic mass is 9.85. The molecule has 2 aromatic rings. The summed E-state index contributed by atoms with van der Waals surface area (Å²) in [6, 6.07) is 11.7. The molecule has 7 heteroatoms. The van der Waals surface area contributed by atoms with Crippen LogP contribution in [0.4, 0.5) is 22.0 Å². The fourth-order valence-corrected chi connectivity index (χ4v) is 11.7. The highest BCUT2D eigenvalue weighted by Gasteiger charge is 2.53. The molecular weight excluding hydrogens is 423 g/mol. The van der Waals surface area contributed by atoms with E-state index in [2.05, 4.69) is 0 Å². The van der Waals surface area contributed by atoms with Crippen LogP contribution < -0.4 is 0 Å². The number of alkyl halides is 5. The summed E-state index contributed by atoms with van der Waals surface area (Å²) in [5.74, 6) is -2.79. The smallest absolute Gasteiger partial charge is 0.219 e. The van der Waals surface area contributed by atoms with Gasteiger partial charge in [0.2, 0.25) is 0 Å². The van der Waals surface area contributed by atoms with Gasteiger partial charge in [-0.3, -0.25) is 0 Å². The van der Waals surface area contributed by atoms with Crippen molar-refractivity contribution in [2.45, 2.75) is 49.6 Å². The van der Waals surface area contributed by atoms with Crippen LogP contribution in [0.3, 0.4) is 0 Å². The largest absolute Gasteiger partial charge is 0.416 e. The molecule has 0 unspecified atom stereocenters. The molecule has 0 nitrogen and oxygen atoms in total. The maximum Gasteiger partial charge on any atom is 0.416 e. The molecule has 0 spiro atoms. The van der Waals surface area contributed by atoms with E-state index in [9.17, 15) is 13.2 Å². The lowest BCUT2D eigenvalue weighted by molar-refractivity contribution is -0.137. The van der Waals surface area contributed by atoms with E-state index in [1.165, 1.54) is 12.1 Å². The molecule has 29 heavy (non-hydrogen) atoms. The zero-order valence-electron chi connectivity index (χ0n) is 17.0. The maximum atomic E-state index is 15.1. The topological polar surface area (TPSA) is 0 Å². The van der Waals surface area contributed by atoms with E-state index < -0.39 is 25.9 Å². The molecule has 0 radical (unpaired) electrons. The molecule has 1 heterocycles. The Bertz CT molecular complexity index is 908. The lowest BCUT2D eigenvalue weighted by Crippen LogP contribution is -2.20. The van der Waals surface area contributed by atoms with Crippen LogP contribution in [0.2, 0.25) is 0 Å². The Labute approximate surface area is 173 Å². The Morgan fingerprint density at radius 2 is 1.41 bits per heavy atom. The van der Waals surface area contributed by atoms with E-state index in [1.807, 2.05) is 33.1 Å². The van der Waals surface area contributed by atoms with Crippen LogP contribution in [0.5, 0.6) is 0 Å². The van der Waals surface area contributed by atoms with Crippen LogP contribution in [-0.2, 0) is 17.5 Å². The van der Waals surface area contributed by atoms with Crippen molar-refractivity contribution >= 4 is 19.0 Å². The van der Waals surface area contributed by atoms with Gasteiger partial charge in [-0.05, 0) is 46.1 Å². The molecule has 162 valence electrons. The van der Waals surface area contributed by atoms with Gasteiger partial charge in [-0.25, -0.2) is 17.0 Å². The first-order valence-electron chi connectivity index (χ1n) is 9.47. The monoisotopic (exact) mass is 450 g/mol. The zero-order chi connectivity index (χ0) is 21.7. The predicted molar refractivity (Wildman–Crippen MR) is 116 cm³/mol. The highest BCUT2D eigenvalue weighted by molar-refractivity contribution is 9.17. The molecule has 0 saturated carbocycles. The summed E-state index contributed by atoms with van der Waals surface area (Å²) in [5, 5.41) is 0.658. The van der Waals surface area contributed by atoms with Crippen LogP contribution in [0.25, 0.3) is 0 Å². The number of hydrogen-bond acceptors (Lipinski definition) is 1. The van der Waals surface area contributed by atoms with E-state index in [-0.39, 0.29) is 23.2 Å². The van der Waals surface area contributed by atoms with Gasteiger partial charge in [-0.2, -0.15) is 13.2 Å². The molecule has 0 bridgehead atoms. The first kappa shape index (κ1) is 22.5. The molecule has 0 amide bonds. The third-order valence-corrected chi connectivity index (χ3v) is 15.7. The van der Waals surface area contributed by atoms with E-state index in [0.717, 1.165) is 17.7 Å². The Balaban J connectivity index is 1.85. The molecule has 1 aliphatic heterocycles. The number of halogens is 5. The summed E-state index contributed by atoms with van der Waals surface area (Å²) in [4.78, 5) is 0.593. The Hall–Kier alpha value is -1.21. The van der Waals surface area contributed by atoms with Gasteiger partial charge < -0.3 is 0 Å². The van der Waals surface area contributed by atoms with Crippen molar-refractivity contribution in [1.29, 1.82) is 0 Å². The summed E-state index contributed by atoms with van der Waals surface area (Å²) >= 11 is 0. The minimum Gasteiger partial charge on any atom is -0.219 e. The van der Waals surface area contributed by atoms with Gasteiger partial charge >= 0.3 is 6.18 Å². The van der Waals surface area contributed by atoms with Crippen molar-refractivity contribution in [3.8, 4) is 0 Å². The van der Waals surface area contributed by atoms with Gasteiger partial charge in [0.1, 0.15) is 0 Å². The molecule has 1 aliphatic rings. The molecule has 1 fully saturated rings. The third-order valence-electron chi connectivity index (χ3n) is 5.76. The molecule has 0 aliphatic carbocycles. The van der Waals surface area contributed by atoms with Crippen molar-refractivity contribution in [3.05, 3.63) is 65.2 Å². The van der Waals surface area contributed by atoms with Gasteiger partial charge in [0.15, 0.2) is 0 Å². The van der Waals surface area contributed by atoms with Crippen LogP contribution in [0.1, 0.15) is 43.9 Å². The predicted octanol–water partition coefficient (Wildman–Crippen LogP) is 7.87. The minimum absolute atomic E-state index is 0.0223. The van der Waals surface area contributed by atoms with E-state index >= 15 is 8.78 Å². The van der Waals surface area contributed by atoms with E-state index in [0.29, 0.717) is 9.98 Å². The van der Waals surface area contributed by atoms with Crippen molar-refractivity contribution in [1.82, 2.24) is 0 Å². The Morgan fingerprint density at radius 3 is 1.97 bits per heavy atom. The molecule has 0 atom stereocenters. The summed E-state index contributed by atoms with van der Waals surface area (Å²) in [6.45, 7) is 5.92. The molecule has 3 rings (SSSR count). The van der Waals surface area contributed by atoms with E-state index in [4.69, 9.17) is 0 Å². The van der Waals surface area contributed by atoms with Gasteiger partial charge in [0.05, 0.1) is 5.56 Å². The quantitative estimate of drug-likeness (QED) is 0.209. The normalized spacial score (nSPS) is 20.0. The second-order valence-electron chi connectivity index (χ2n) is 9.24. The van der Waals surface area contributed by atoms with Crippen LogP contribution >= 0.6 is 19.0 Å². The van der Waals surface area contributed by atoms with Crippen LogP contribution in [0, 0.1) is 0 Å². The molecule has 0 aromatic heterocycles. The van der Waals surface area contributed by atoms with Crippen LogP contribution in [-0.4, -0.2) is 17.1 Å². The van der Waals surface area contributed by atoms with Gasteiger partial charge in [0, 0.05) is 17.1 Å². The van der Waals surface area contributed by atoms with Gasteiger partial charge in [-0.1, -0.05) is 51.1 Å². The molecule has 1 saturated heterocycles. The fraction of sp³-hybridized carbons (Fsp3) is 0.455. The Kier molecular flexibility index (Phi) is 5.35. The third kappa shape index (κ3) is 4.61. The lowest BCUT2D eigenvalue weighted by Gasteiger charge is -2.40. The van der Waals surface area contributed by atoms with Crippen LogP contribution in [0.15, 0.2) is 53.4 Å². The second kappa shape index (κ2) is 6.91. The standard InChI is InChI=1S/C22H27F5S2/c1-20(2,3)16-7-5-8-17(13-16)21(23,24)11-12-29(4,15-28-29)19-10-6-9-18(14-19)22(25,26)27/h5-10,13-14,29H,11-12,15H2,1-4H3. The first-order chi connectivity index (χ1) is 13.1. The van der Waals surface area contributed by atoms with Crippen molar-refractivity contribution in [2.75, 3.05) is 17.1 Å². The highest BCUT2D eigenvalue weighted by Crippen LogP contribution is 2.97. The SMILES string of the molecule is CC(C)(C)c1cccc(C(F)(F)CC[SH]2(C)(c3cccc(C(F)(F)F)c3)CS2)c1. The van der Waals surface area contributed by atoms with Crippen molar-refractivity contribution < 1.29 is 22.0 Å². The average Bonchev–Trinajstić information content (AvgIpc) is 3.34. The minimum atomic E-state index is -4.43. The Morgan fingerprint density at radius 1 is 0.862 bits per heavy atom. The van der Waals surface area contributed by atoms with Gasteiger partial charge in [-0.15, -0.1) is 10.8 Å². The second-order valence-corrected chi connectivity index (χ2v) is 19.3. The number of rotatable bonds is 5. The fourth-order valence-electron chi connectivity index (χ4n) is 3.40. The molecule has 0 N–H and O–H groups in total. The summed E-state index contributed by atoms with van der Waals surface area (Å²) in [5.41, 5.74) is -0.132. The molecule has 2 aromatic carbocycles. The van der Waals surface area contributed by atoms with E-state index in [1.54, 1.807) is 29.0 Å².